The van der Waals surface area contributed by atoms with E-state index in [0.29, 0.717) is 12.1 Å². The third-order valence-corrected chi connectivity index (χ3v) is 4.23. The van der Waals surface area contributed by atoms with Crippen molar-refractivity contribution in [3.05, 3.63) is 60.4 Å². The number of rotatable bonds is 4. The number of carbonyl (C=O) groups is 1. The Morgan fingerprint density at radius 1 is 1.40 bits per heavy atom. The van der Waals surface area contributed by atoms with Crippen LogP contribution in [-0.2, 0) is 4.79 Å². The highest BCUT2D eigenvalue weighted by molar-refractivity contribution is 5.91. The number of aldehydes is 1. The number of halogens is 3. The molecule has 0 spiro atoms. The van der Waals surface area contributed by atoms with Crippen molar-refractivity contribution in [2.24, 2.45) is 10.4 Å². The average molecular weight is 350 g/mol. The molecule has 0 saturated heterocycles. The van der Waals surface area contributed by atoms with Gasteiger partial charge in [0.05, 0.1) is 6.04 Å². The summed E-state index contributed by atoms with van der Waals surface area (Å²) in [7, 11) is 0. The molecular weight excluding hydrogens is 329 g/mol. The fraction of sp³-hybridized carbons (Fsp3) is 0.368. The maximum atomic E-state index is 13.4. The monoisotopic (exact) mass is 350 g/mol. The van der Waals surface area contributed by atoms with E-state index >= 15 is 0 Å². The number of allylic oxidation sites excluding steroid dienone is 7. The maximum Gasteiger partial charge on any atom is 0.449 e. The Morgan fingerprint density at radius 2 is 2.12 bits per heavy atom. The van der Waals surface area contributed by atoms with Gasteiger partial charge in [0.2, 0.25) is 5.84 Å². The third-order valence-electron chi connectivity index (χ3n) is 4.23. The SMILES string of the molecule is C=C/C=C\C=C1\CN(C2=CCC(C)(C=O)C=C2)C(C(F)(F)F)=NC1C. The number of aliphatic imine (C=N–C) groups is 1. The number of alkyl halides is 3. The van der Waals surface area contributed by atoms with Gasteiger partial charge in [0, 0.05) is 17.7 Å². The molecule has 3 nitrogen and oxygen atoms in total. The first-order valence-electron chi connectivity index (χ1n) is 7.96. The van der Waals surface area contributed by atoms with Crippen molar-refractivity contribution in [3.63, 3.8) is 0 Å². The van der Waals surface area contributed by atoms with Crippen molar-refractivity contribution in [2.45, 2.75) is 32.5 Å². The maximum absolute atomic E-state index is 13.4. The summed E-state index contributed by atoms with van der Waals surface area (Å²) in [6.45, 7) is 7.05. The molecule has 0 aromatic rings. The zero-order valence-electron chi connectivity index (χ0n) is 14.3. The van der Waals surface area contributed by atoms with Gasteiger partial charge in [-0.05, 0) is 31.9 Å². The van der Waals surface area contributed by atoms with Crippen molar-refractivity contribution in [2.75, 3.05) is 6.54 Å². The van der Waals surface area contributed by atoms with E-state index in [1.807, 2.05) is 0 Å². The van der Waals surface area contributed by atoms with E-state index in [9.17, 15) is 18.0 Å². The summed E-state index contributed by atoms with van der Waals surface area (Å²) in [6.07, 6.45) is 8.28. The van der Waals surface area contributed by atoms with Crippen LogP contribution in [0.25, 0.3) is 0 Å². The minimum absolute atomic E-state index is 0.0922. The Balaban J connectivity index is 2.39. The molecule has 2 aliphatic rings. The summed E-state index contributed by atoms with van der Waals surface area (Å²) in [6, 6.07) is -0.559. The Labute approximate surface area is 145 Å². The van der Waals surface area contributed by atoms with Crippen LogP contribution in [0.5, 0.6) is 0 Å². The Bertz CT molecular complexity index is 698. The number of nitrogens with zero attached hydrogens (tertiary/aromatic N) is 2. The summed E-state index contributed by atoms with van der Waals surface area (Å²) in [5.74, 6) is -0.907. The normalized spacial score (nSPS) is 28.9. The molecule has 0 bridgehead atoms. The van der Waals surface area contributed by atoms with Gasteiger partial charge >= 0.3 is 6.18 Å². The lowest BCUT2D eigenvalue weighted by Crippen LogP contribution is -2.46. The molecule has 0 aromatic carbocycles. The molecule has 134 valence electrons. The summed E-state index contributed by atoms with van der Waals surface area (Å²) in [4.78, 5) is 16.1. The summed E-state index contributed by atoms with van der Waals surface area (Å²) in [5, 5.41) is 0. The number of hydrogen-bond donors (Lipinski definition) is 0. The van der Waals surface area contributed by atoms with Crippen LogP contribution >= 0.6 is 0 Å². The van der Waals surface area contributed by atoms with Gasteiger partial charge in [0.25, 0.3) is 0 Å². The van der Waals surface area contributed by atoms with Crippen LogP contribution in [0.1, 0.15) is 20.3 Å². The Hall–Kier alpha value is -2.37. The van der Waals surface area contributed by atoms with Gasteiger partial charge in [-0.2, -0.15) is 13.2 Å². The molecular formula is C19H21F3N2O. The minimum atomic E-state index is -4.54. The first kappa shape index (κ1) is 19.0. The van der Waals surface area contributed by atoms with Crippen LogP contribution in [-0.4, -0.2) is 35.8 Å². The van der Waals surface area contributed by atoms with Crippen molar-refractivity contribution in [1.82, 2.24) is 4.90 Å². The molecule has 1 aliphatic carbocycles. The lowest BCUT2D eigenvalue weighted by Gasteiger charge is -2.36. The molecule has 0 amide bonds. The standard InChI is InChI=1S/C19H21F3N2O/c1-4-5-6-7-15-12-24(17(19(20,21)22)23-14(15)2)16-8-10-18(3,13-25)11-9-16/h4-10,13-14H,1,11-12H2,2-3H3/b6-5-,15-7-. The van der Waals surface area contributed by atoms with E-state index in [1.165, 1.54) is 0 Å². The predicted molar refractivity (Wildman–Crippen MR) is 93.1 cm³/mol. The molecule has 1 heterocycles. The van der Waals surface area contributed by atoms with E-state index in [-0.39, 0.29) is 6.54 Å². The van der Waals surface area contributed by atoms with Crippen molar-refractivity contribution < 1.29 is 18.0 Å². The fourth-order valence-electron chi connectivity index (χ4n) is 2.64. The van der Waals surface area contributed by atoms with Crippen molar-refractivity contribution >= 4 is 12.1 Å². The van der Waals surface area contributed by atoms with Gasteiger partial charge < -0.3 is 9.69 Å². The van der Waals surface area contributed by atoms with Crippen molar-refractivity contribution in [1.29, 1.82) is 0 Å². The predicted octanol–water partition coefficient (Wildman–Crippen LogP) is 4.37. The topological polar surface area (TPSA) is 32.7 Å². The quantitative estimate of drug-likeness (QED) is 0.557. The molecule has 0 saturated carbocycles. The molecule has 0 fully saturated rings. The second-order valence-corrected chi connectivity index (χ2v) is 6.36. The summed E-state index contributed by atoms with van der Waals surface area (Å²) >= 11 is 0. The summed E-state index contributed by atoms with van der Waals surface area (Å²) in [5.41, 5.74) is 0.498. The van der Waals surface area contributed by atoms with E-state index in [0.717, 1.165) is 16.8 Å². The van der Waals surface area contributed by atoms with Gasteiger partial charge in [0.1, 0.15) is 6.29 Å². The number of carbonyl (C=O) groups excluding carboxylic acids is 1. The minimum Gasteiger partial charge on any atom is -0.319 e. The van der Waals surface area contributed by atoms with Crippen molar-refractivity contribution in [3.8, 4) is 0 Å². The molecule has 1 aliphatic heterocycles. The highest BCUT2D eigenvalue weighted by Crippen LogP contribution is 2.33. The first-order valence-corrected chi connectivity index (χ1v) is 7.96. The van der Waals surface area contributed by atoms with E-state index in [1.54, 1.807) is 56.4 Å². The number of amidine groups is 1. The molecule has 0 aromatic heterocycles. The van der Waals surface area contributed by atoms with Crippen LogP contribution in [0.15, 0.2) is 65.4 Å². The van der Waals surface area contributed by atoms with E-state index < -0.39 is 23.5 Å². The van der Waals surface area contributed by atoms with Crippen LogP contribution in [0.2, 0.25) is 0 Å². The lowest BCUT2D eigenvalue weighted by molar-refractivity contribution is -0.113. The highest BCUT2D eigenvalue weighted by atomic mass is 19.4. The molecule has 6 heteroatoms. The highest BCUT2D eigenvalue weighted by Gasteiger charge is 2.43. The van der Waals surface area contributed by atoms with Crippen LogP contribution in [0.3, 0.4) is 0 Å². The summed E-state index contributed by atoms with van der Waals surface area (Å²) < 4.78 is 40.3. The Morgan fingerprint density at radius 3 is 2.64 bits per heavy atom. The molecule has 0 N–H and O–H groups in total. The lowest BCUT2D eigenvalue weighted by atomic mass is 9.84. The molecule has 2 atom stereocenters. The fourth-order valence-corrected chi connectivity index (χ4v) is 2.64. The third kappa shape index (κ3) is 4.38. The van der Waals surface area contributed by atoms with Crippen LogP contribution < -0.4 is 0 Å². The molecule has 25 heavy (non-hydrogen) atoms. The molecule has 2 unspecified atom stereocenters. The first-order chi connectivity index (χ1) is 11.7. The van der Waals surface area contributed by atoms with Gasteiger partial charge in [-0.3, -0.25) is 4.99 Å². The van der Waals surface area contributed by atoms with Gasteiger partial charge in [-0.15, -0.1) is 0 Å². The average Bonchev–Trinajstić information content (AvgIpc) is 2.56. The van der Waals surface area contributed by atoms with Gasteiger partial charge in [0.15, 0.2) is 0 Å². The zero-order chi connectivity index (χ0) is 18.7. The van der Waals surface area contributed by atoms with Crippen LogP contribution in [0, 0.1) is 5.41 Å². The molecule has 2 rings (SSSR count). The Kier molecular flexibility index (Phi) is 5.50. The largest absolute Gasteiger partial charge is 0.449 e. The second kappa shape index (κ2) is 7.25. The molecule has 0 radical (unpaired) electrons. The van der Waals surface area contributed by atoms with E-state index in [2.05, 4.69) is 11.6 Å². The van der Waals surface area contributed by atoms with Gasteiger partial charge in [-0.25, -0.2) is 0 Å². The van der Waals surface area contributed by atoms with Gasteiger partial charge in [-0.1, -0.05) is 43.0 Å². The number of hydrogen-bond acceptors (Lipinski definition) is 3. The zero-order valence-corrected chi connectivity index (χ0v) is 14.3. The smallest absolute Gasteiger partial charge is 0.319 e. The second-order valence-electron chi connectivity index (χ2n) is 6.36. The van der Waals surface area contributed by atoms with E-state index in [4.69, 9.17) is 0 Å². The van der Waals surface area contributed by atoms with Crippen LogP contribution in [0.4, 0.5) is 13.2 Å².